The minimum Gasteiger partial charge on any atom is -0.455 e. The van der Waals surface area contributed by atoms with E-state index in [1.165, 1.54) is 16.2 Å². The van der Waals surface area contributed by atoms with Crippen molar-refractivity contribution in [3.8, 4) is 39.5 Å². The van der Waals surface area contributed by atoms with Crippen LogP contribution in [0.4, 0.5) is 0 Å². The second kappa shape index (κ2) is 11.2. The molecule has 11 rings (SSSR count). The standard InChI is InChI=1S/C48H29N3O/c1-2-17-33(18-3-1)51-42-26-9-7-21-40(42)44-43(51)28-27-38-37-24-12-22-35(46(37)52-47(38)44)31-15-10-16-32(29-31)48-49-41-25-8-6-20-39(41)45(50-48)36-23-11-14-30-13-4-5-19-34(30)36/h1-29H. The average molecular weight is 664 g/mol. The van der Waals surface area contributed by atoms with Gasteiger partial charge < -0.3 is 8.98 Å². The van der Waals surface area contributed by atoms with Crippen LogP contribution in [0, 0.1) is 0 Å². The molecule has 0 saturated carbocycles. The Morgan fingerprint density at radius 3 is 2.02 bits per heavy atom. The fraction of sp³-hybridized carbons (Fsp3) is 0. The summed E-state index contributed by atoms with van der Waals surface area (Å²) in [5.41, 5.74) is 11.2. The zero-order valence-corrected chi connectivity index (χ0v) is 28.0. The summed E-state index contributed by atoms with van der Waals surface area (Å²) in [4.78, 5) is 10.4. The fourth-order valence-corrected chi connectivity index (χ4v) is 8.06. The van der Waals surface area contributed by atoms with Crippen molar-refractivity contribution in [1.82, 2.24) is 14.5 Å². The minimum atomic E-state index is 0.690. The van der Waals surface area contributed by atoms with Gasteiger partial charge >= 0.3 is 0 Å². The number of nitrogens with zero attached hydrogens (tertiary/aromatic N) is 3. The van der Waals surface area contributed by atoms with Gasteiger partial charge in [-0.2, -0.15) is 0 Å². The van der Waals surface area contributed by atoms with E-state index < -0.39 is 0 Å². The summed E-state index contributed by atoms with van der Waals surface area (Å²) in [6.45, 7) is 0. The summed E-state index contributed by atoms with van der Waals surface area (Å²) in [7, 11) is 0. The molecule has 0 radical (unpaired) electrons. The van der Waals surface area contributed by atoms with Crippen LogP contribution in [0.2, 0.25) is 0 Å². The van der Waals surface area contributed by atoms with Gasteiger partial charge in [0, 0.05) is 43.9 Å². The van der Waals surface area contributed by atoms with Gasteiger partial charge in [-0.25, -0.2) is 9.97 Å². The zero-order valence-electron chi connectivity index (χ0n) is 28.0. The van der Waals surface area contributed by atoms with Crippen molar-refractivity contribution in [2.75, 3.05) is 0 Å². The van der Waals surface area contributed by atoms with Gasteiger partial charge in [-0.15, -0.1) is 0 Å². The predicted molar refractivity (Wildman–Crippen MR) is 215 cm³/mol. The van der Waals surface area contributed by atoms with E-state index in [4.69, 9.17) is 14.4 Å². The molecule has 52 heavy (non-hydrogen) atoms. The third kappa shape index (κ3) is 4.28. The molecule has 0 bridgehead atoms. The number of hydrogen-bond donors (Lipinski definition) is 0. The third-order valence-corrected chi connectivity index (χ3v) is 10.4. The molecule has 11 aromatic rings. The second-order valence-corrected chi connectivity index (χ2v) is 13.3. The highest BCUT2D eigenvalue weighted by Gasteiger charge is 2.20. The van der Waals surface area contributed by atoms with Crippen LogP contribution < -0.4 is 0 Å². The zero-order chi connectivity index (χ0) is 34.2. The Kier molecular flexibility index (Phi) is 6.22. The summed E-state index contributed by atoms with van der Waals surface area (Å²) in [6, 6.07) is 61.7. The Hall–Kier alpha value is -7.04. The van der Waals surface area contributed by atoms with Gasteiger partial charge in [0.05, 0.1) is 27.6 Å². The lowest BCUT2D eigenvalue weighted by Crippen LogP contribution is -1.96. The SMILES string of the molecule is c1ccc(-n2c3ccccc3c3c4oc5c(-c6cccc(-c7nc(-c8cccc9ccccc89)c8ccccc8n7)c6)cccc5c4ccc32)cc1. The number of rotatable bonds is 4. The van der Waals surface area contributed by atoms with E-state index in [0.717, 1.165) is 82.9 Å². The van der Waals surface area contributed by atoms with Crippen molar-refractivity contribution in [1.29, 1.82) is 0 Å². The normalized spacial score (nSPS) is 11.8. The Bertz CT molecular complexity index is 3180. The van der Waals surface area contributed by atoms with Crippen LogP contribution in [0.3, 0.4) is 0 Å². The van der Waals surface area contributed by atoms with Crippen LogP contribution in [0.25, 0.3) is 105 Å². The van der Waals surface area contributed by atoms with Crippen molar-refractivity contribution >= 4 is 65.4 Å². The van der Waals surface area contributed by atoms with Gasteiger partial charge in [-0.05, 0) is 58.8 Å². The van der Waals surface area contributed by atoms with Crippen molar-refractivity contribution in [3.05, 3.63) is 176 Å². The first-order chi connectivity index (χ1) is 25.8. The quantitative estimate of drug-likeness (QED) is 0.188. The Balaban J connectivity index is 1.11. The molecule has 0 unspecified atom stereocenters. The summed E-state index contributed by atoms with van der Waals surface area (Å²) in [6.07, 6.45) is 0. The van der Waals surface area contributed by atoms with Crippen LogP contribution in [0.1, 0.15) is 0 Å². The Labute approximate surface area is 298 Å². The van der Waals surface area contributed by atoms with Crippen LogP contribution in [-0.2, 0) is 0 Å². The summed E-state index contributed by atoms with van der Waals surface area (Å²) >= 11 is 0. The molecule has 242 valence electrons. The summed E-state index contributed by atoms with van der Waals surface area (Å²) < 4.78 is 9.32. The van der Waals surface area contributed by atoms with E-state index in [1.54, 1.807) is 0 Å². The highest BCUT2D eigenvalue weighted by Crippen LogP contribution is 2.43. The molecule has 0 aliphatic heterocycles. The van der Waals surface area contributed by atoms with E-state index in [-0.39, 0.29) is 0 Å². The second-order valence-electron chi connectivity index (χ2n) is 13.3. The van der Waals surface area contributed by atoms with Crippen molar-refractivity contribution in [2.45, 2.75) is 0 Å². The van der Waals surface area contributed by atoms with E-state index in [9.17, 15) is 0 Å². The van der Waals surface area contributed by atoms with Crippen LogP contribution in [0.15, 0.2) is 180 Å². The first kappa shape index (κ1) is 28.8. The topological polar surface area (TPSA) is 43.9 Å². The molecule has 4 nitrogen and oxygen atoms in total. The van der Waals surface area contributed by atoms with Crippen LogP contribution in [-0.4, -0.2) is 14.5 Å². The maximum Gasteiger partial charge on any atom is 0.160 e. The van der Waals surface area contributed by atoms with Gasteiger partial charge in [-0.3, -0.25) is 0 Å². The molecule has 0 amide bonds. The van der Waals surface area contributed by atoms with Gasteiger partial charge in [0.15, 0.2) is 5.82 Å². The van der Waals surface area contributed by atoms with Gasteiger partial charge in [0.25, 0.3) is 0 Å². The Morgan fingerprint density at radius 1 is 0.423 bits per heavy atom. The molecule has 0 N–H and O–H groups in total. The number of furan rings is 1. The molecule has 0 atom stereocenters. The lowest BCUT2D eigenvalue weighted by Gasteiger charge is -2.12. The fourth-order valence-electron chi connectivity index (χ4n) is 8.06. The average Bonchev–Trinajstić information content (AvgIpc) is 3.77. The molecule has 3 aromatic heterocycles. The monoisotopic (exact) mass is 663 g/mol. The maximum absolute atomic E-state index is 6.99. The molecule has 0 spiro atoms. The van der Waals surface area contributed by atoms with Crippen molar-refractivity contribution in [2.24, 2.45) is 0 Å². The first-order valence-corrected chi connectivity index (χ1v) is 17.6. The molecule has 0 aliphatic rings. The highest BCUT2D eigenvalue weighted by atomic mass is 16.3. The lowest BCUT2D eigenvalue weighted by atomic mass is 9.98. The molecule has 8 aromatic carbocycles. The number of benzene rings is 8. The smallest absolute Gasteiger partial charge is 0.160 e. The van der Waals surface area contributed by atoms with Crippen molar-refractivity contribution in [3.63, 3.8) is 0 Å². The van der Waals surface area contributed by atoms with Crippen molar-refractivity contribution < 1.29 is 4.42 Å². The molecule has 0 saturated heterocycles. The minimum absolute atomic E-state index is 0.690. The van der Waals surface area contributed by atoms with E-state index in [2.05, 4.69) is 174 Å². The van der Waals surface area contributed by atoms with Gasteiger partial charge in [0.2, 0.25) is 0 Å². The summed E-state index contributed by atoms with van der Waals surface area (Å²) in [5, 5.41) is 7.89. The van der Waals surface area contributed by atoms with Crippen LogP contribution >= 0.6 is 0 Å². The number of hydrogen-bond acceptors (Lipinski definition) is 3. The molecular formula is C48H29N3O. The van der Waals surface area contributed by atoms with Gasteiger partial charge in [-0.1, -0.05) is 133 Å². The summed E-state index contributed by atoms with van der Waals surface area (Å²) in [5.74, 6) is 0.690. The number of fused-ring (bicyclic) bond motifs is 9. The number of para-hydroxylation sites is 4. The molecule has 0 aliphatic carbocycles. The largest absolute Gasteiger partial charge is 0.455 e. The molecule has 4 heteroatoms. The van der Waals surface area contributed by atoms with Gasteiger partial charge in [0.1, 0.15) is 11.2 Å². The number of aromatic nitrogens is 3. The van der Waals surface area contributed by atoms with Crippen LogP contribution in [0.5, 0.6) is 0 Å². The molecule has 0 fully saturated rings. The predicted octanol–water partition coefficient (Wildman–Crippen LogP) is 12.8. The van der Waals surface area contributed by atoms with E-state index >= 15 is 0 Å². The maximum atomic E-state index is 6.99. The Morgan fingerprint density at radius 2 is 1.10 bits per heavy atom. The van der Waals surface area contributed by atoms with E-state index in [1.807, 2.05) is 6.07 Å². The highest BCUT2D eigenvalue weighted by molar-refractivity contribution is 6.24. The molecule has 3 heterocycles. The first-order valence-electron chi connectivity index (χ1n) is 17.6. The third-order valence-electron chi connectivity index (χ3n) is 10.4. The van der Waals surface area contributed by atoms with E-state index in [0.29, 0.717) is 5.82 Å². The lowest BCUT2D eigenvalue weighted by molar-refractivity contribution is 0.674. The molecular weight excluding hydrogens is 635 g/mol.